The summed E-state index contributed by atoms with van der Waals surface area (Å²) in [4.78, 5) is 29.3. The van der Waals surface area contributed by atoms with Gasteiger partial charge in [0.25, 0.3) is 0 Å². The van der Waals surface area contributed by atoms with Gasteiger partial charge in [-0.1, -0.05) is 24.3 Å². The number of nitrogens with zero attached hydrogens (tertiary/aromatic N) is 1. The lowest BCUT2D eigenvalue weighted by molar-refractivity contribution is -0.145. The zero-order valence-electron chi connectivity index (χ0n) is 15.4. The molecule has 0 bridgehead atoms. The predicted octanol–water partition coefficient (Wildman–Crippen LogP) is 4.80. The molecule has 154 valence electrons. The molecule has 9 heteroatoms. The standard InChI is InChI=1S/C21H15F3N2O3S/c22-21(23,24)14-6-7-16-15(9-14)26-20(28)17(30-16)10-18(27)29-11-13-4-1-3-12-5-2-8-25-19(12)13/h1-9,17H,10-11H2,(H,26,28)/t17-/m1/s1. The SMILES string of the molecule is O=C(C[C@H]1Sc2ccc(C(F)(F)F)cc2NC1=O)OCc1cccc2cccnc12. The Kier molecular flexibility index (Phi) is 5.38. The molecule has 0 unspecified atom stereocenters. The monoisotopic (exact) mass is 432 g/mol. The van der Waals surface area contributed by atoms with Crippen molar-refractivity contribution in [3.05, 3.63) is 65.9 Å². The van der Waals surface area contributed by atoms with Crippen molar-refractivity contribution in [1.82, 2.24) is 4.98 Å². The first-order chi connectivity index (χ1) is 14.3. The number of halogens is 3. The fourth-order valence-corrected chi connectivity index (χ4v) is 4.19. The summed E-state index contributed by atoms with van der Waals surface area (Å²) < 4.78 is 43.8. The van der Waals surface area contributed by atoms with E-state index in [1.165, 1.54) is 6.07 Å². The Morgan fingerprint density at radius 3 is 2.77 bits per heavy atom. The Labute approximate surface area is 173 Å². The summed E-state index contributed by atoms with van der Waals surface area (Å²) in [7, 11) is 0. The number of aromatic nitrogens is 1. The highest BCUT2D eigenvalue weighted by molar-refractivity contribution is 8.01. The van der Waals surface area contributed by atoms with E-state index in [0.717, 1.165) is 40.4 Å². The highest BCUT2D eigenvalue weighted by Crippen LogP contribution is 2.40. The molecule has 0 saturated carbocycles. The van der Waals surface area contributed by atoms with E-state index in [9.17, 15) is 22.8 Å². The van der Waals surface area contributed by atoms with Gasteiger partial charge in [0.05, 0.1) is 28.4 Å². The van der Waals surface area contributed by atoms with Crippen molar-refractivity contribution in [3.8, 4) is 0 Å². The van der Waals surface area contributed by atoms with E-state index in [1.54, 1.807) is 12.3 Å². The average Bonchev–Trinajstić information content (AvgIpc) is 2.71. The van der Waals surface area contributed by atoms with Crippen LogP contribution in [0.25, 0.3) is 10.9 Å². The van der Waals surface area contributed by atoms with Gasteiger partial charge in [-0.15, -0.1) is 11.8 Å². The smallest absolute Gasteiger partial charge is 0.416 e. The number of nitrogens with one attached hydrogen (secondary N) is 1. The normalized spacial score (nSPS) is 16.1. The number of pyridine rings is 1. The van der Waals surface area contributed by atoms with Crippen LogP contribution in [-0.2, 0) is 27.1 Å². The molecular formula is C21H15F3N2O3S. The van der Waals surface area contributed by atoms with Crippen LogP contribution in [0.3, 0.4) is 0 Å². The van der Waals surface area contributed by atoms with Gasteiger partial charge in [-0.25, -0.2) is 0 Å². The number of fused-ring (bicyclic) bond motifs is 2. The number of carbonyl (C=O) groups excluding carboxylic acids is 2. The van der Waals surface area contributed by atoms with Gasteiger partial charge in [-0.3, -0.25) is 14.6 Å². The third-order valence-corrected chi connectivity index (χ3v) is 5.86. The molecule has 30 heavy (non-hydrogen) atoms. The molecule has 4 rings (SSSR count). The average molecular weight is 432 g/mol. The number of para-hydroxylation sites is 1. The van der Waals surface area contributed by atoms with E-state index < -0.39 is 28.9 Å². The minimum atomic E-state index is -4.50. The van der Waals surface area contributed by atoms with Crippen LogP contribution >= 0.6 is 11.8 Å². The van der Waals surface area contributed by atoms with Gasteiger partial charge in [0.1, 0.15) is 6.61 Å². The number of amides is 1. The molecule has 0 radical (unpaired) electrons. The van der Waals surface area contributed by atoms with E-state index in [0.29, 0.717) is 4.90 Å². The Bertz CT molecular complexity index is 1130. The summed E-state index contributed by atoms with van der Waals surface area (Å²) in [5.74, 6) is -1.11. The van der Waals surface area contributed by atoms with Crippen LogP contribution in [0.4, 0.5) is 18.9 Å². The number of hydrogen-bond donors (Lipinski definition) is 1. The number of benzene rings is 2. The fraction of sp³-hybridized carbons (Fsp3) is 0.190. The first-order valence-electron chi connectivity index (χ1n) is 8.98. The lowest BCUT2D eigenvalue weighted by Crippen LogP contribution is -2.31. The number of carbonyl (C=O) groups is 2. The summed E-state index contributed by atoms with van der Waals surface area (Å²) in [5, 5.41) is 2.58. The van der Waals surface area contributed by atoms with Crippen molar-refractivity contribution in [1.29, 1.82) is 0 Å². The molecule has 5 nitrogen and oxygen atoms in total. The number of rotatable bonds is 4. The van der Waals surface area contributed by atoms with E-state index in [1.807, 2.05) is 24.3 Å². The summed E-state index contributed by atoms with van der Waals surface area (Å²) >= 11 is 1.04. The molecule has 3 aromatic rings. The number of anilines is 1. The second-order valence-electron chi connectivity index (χ2n) is 6.66. The van der Waals surface area contributed by atoms with Crippen LogP contribution in [0.1, 0.15) is 17.5 Å². The first-order valence-corrected chi connectivity index (χ1v) is 9.86. The minimum absolute atomic E-state index is 0.0116. The topological polar surface area (TPSA) is 68.3 Å². The molecule has 0 saturated heterocycles. The van der Waals surface area contributed by atoms with Crippen LogP contribution in [0.15, 0.2) is 59.6 Å². The fourth-order valence-electron chi connectivity index (χ4n) is 3.11. The summed E-state index contributed by atoms with van der Waals surface area (Å²) in [5.41, 5.74) is 0.717. The van der Waals surface area contributed by atoms with Gasteiger partial charge in [0.2, 0.25) is 5.91 Å². The molecule has 1 aliphatic rings. The first kappa shape index (κ1) is 20.2. The quantitative estimate of drug-likeness (QED) is 0.600. The zero-order chi connectivity index (χ0) is 21.3. The van der Waals surface area contributed by atoms with Gasteiger partial charge in [-0.2, -0.15) is 13.2 Å². The van der Waals surface area contributed by atoms with Crippen LogP contribution < -0.4 is 5.32 Å². The van der Waals surface area contributed by atoms with Gasteiger partial charge < -0.3 is 10.1 Å². The van der Waals surface area contributed by atoms with Gasteiger partial charge in [0, 0.05) is 22.0 Å². The highest BCUT2D eigenvalue weighted by atomic mass is 32.2. The second kappa shape index (κ2) is 7.98. The molecule has 1 aromatic heterocycles. The predicted molar refractivity (Wildman–Crippen MR) is 106 cm³/mol. The zero-order valence-corrected chi connectivity index (χ0v) is 16.2. The number of ether oxygens (including phenoxy) is 1. The van der Waals surface area contributed by atoms with Crippen LogP contribution in [0.2, 0.25) is 0 Å². The Morgan fingerprint density at radius 2 is 1.97 bits per heavy atom. The highest BCUT2D eigenvalue weighted by Gasteiger charge is 2.34. The van der Waals surface area contributed by atoms with Crippen molar-refractivity contribution in [2.45, 2.75) is 29.3 Å². The van der Waals surface area contributed by atoms with Crippen LogP contribution in [-0.4, -0.2) is 22.1 Å². The number of esters is 1. The summed E-state index contributed by atoms with van der Waals surface area (Å²) in [6, 6.07) is 12.4. The van der Waals surface area contributed by atoms with E-state index >= 15 is 0 Å². The van der Waals surface area contributed by atoms with Gasteiger partial charge in [-0.05, 0) is 24.3 Å². The maximum Gasteiger partial charge on any atom is 0.416 e. The number of thioether (sulfide) groups is 1. The van der Waals surface area contributed by atoms with Crippen molar-refractivity contribution >= 4 is 40.2 Å². The molecule has 2 heterocycles. The lowest BCUT2D eigenvalue weighted by atomic mass is 10.1. The van der Waals surface area contributed by atoms with E-state index in [2.05, 4.69) is 10.3 Å². The van der Waals surface area contributed by atoms with Crippen molar-refractivity contribution in [2.24, 2.45) is 0 Å². The van der Waals surface area contributed by atoms with Crippen molar-refractivity contribution < 1.29 is 27.5 Å². The third-order valence-electron chi connectivity index (χ3n) is 4.58. The largest absolute Gasteiger partial charge is 0.461 e. The Balaban J connectivity index is 1.41. The Hall–Kier alpha value is -3.07. The maximum atomic E-state index is 12.8. The molecule has 2 aromatic carbocycles. The molecule has 1 N–H and O–H groups in total. The third kappa shape index (κ3) is 4.25. The number of alkyl halides is 3. The molecule has 1 aliphatic heterocycles. The second-order valence-corrected chi connectivity index (χ2v) is 7.91. The van der Waals surface area contributed by atoms with Crippen LogP contribution in [0.5, 0.6) is 0 Å². The van der Waals surface area contributed by atoms with Crippen molar-refractivity contribution in [2.75, 3.05) is 5.32 Å². The van der Waals surface area contributed by atoms with Crippen LogP contribution in [0, 0.1) is 0 Å². The summed E-state index contributed by atoms with van der Waals surface area (Å²) in [6.45, 7) is 0.0116. The van der Waals surface area contributed by atoms with Crippen molar-refractivity contribution in [3.63, 3.8) is 0 Å². The van der Waals surface area contributed by atoms with E-state index in [-0.39, 0.29) is 18.7 Å². The lowest BCUT2D eigenvalue weighted by Gasteiger charge is -2.24. The molecule has 0 aliphatic carbocycles. The minimum Gasteiger partial charge on any atom is -0.461 e. The number of hydrogen-bond acceptors (Lipinski definition) is 5. The van der Waals surface area contributed by atoms with E-state index in [4.69, 9.17) is 4.74 Å². The molecule has 1 atom stereocenters. The van der Waals surface area contributed by atoms with Gasteiger partial charge in [0.15, 0.2) is 0 Å². The molecule has 0 spiro atoms. The summed E-state index contributed by atoms with van der Waals surface area (Å²) in [6.07, 6.45) is -3.05. The molecular weight excluding hydrogens is 417 g/mol. The molecule has 1 amide bonds. The molecule has 0 fully saturated rings. The van der Waals surface area contributed by atoms with Gasteiger partial charge >= 0.3 is 12.1 Å². The maximum absolute atomic E-state index is 12.8. The Morgan fingerprint density at radius 1 is 1.17 bits per heavy atom.